The minimum atomic E-state index is -2.85. The van der Waals surface area contributed by atoms with E-state index < -0.39 is 16.1 Å². The Labute approximate surface area is 725 Å². The highest BCUT2D eigenvalue weighted by molar-refractivity contribution is 7.23. The first-order valence-corrected chi connectivity index (χ1v) is 47.0. The van der Waals surface area contributed by atoms with Crippen LogP contribution in [0.3, 0.4) is 0 Å². The number of rotatable bonds is 14. The van der Waals surface area contributed by atoms with Crippen LogP contribution in [0.25, 0.3) is 166 Å². The van der Waals surface area contributed by atoms with Gasteiger partial charge in [0.1, 0.15) is 0 Å². The smallest absolute Gasteiger partial charge is 0.180 e. The van der Waals surface area contributed by atoms with Crippen molar-refractivity contribution in [2.24, 2.45) is 0 Å². The average molecular weight is 1610 g/mol. The van der Waals surface area contributed by atoms with E-state index in [4.69, 9.17) is 0 Å². The lowest BCUT2D eigenvalue weighted by Crippen LogP contribution is -2.72. The SMILES string of the molecule is c1ccc(-c2ccc3c(c2)[Si](c2ccccc2)(c2ccccc2)c2cc(-n4cc(-c5ccc(-c6cccc7ccccc67)cc5)c5cc(-c6ccc(-c7cccc8ccccc78)cc6)ccc54)ccc2-3)cc1.c1ccc(-c2ccc3c(c2)[Si](c2ccccc2)(c2ccccc2)c2cc(-n4cc(-c5ccccc5)c5cc(-c6ccccc6)ccc54)ccc2-3)cc1. The molecule has 580 valence electrons. The predicted octanol–water partition coefficient (Wildman–Crippen LogP) is 25.6. The van der Waals surface area contributed by atoms with E-state index >= 15 is 0 Å². The van der Waals surface area contributed by atoms with Crippen molar-refractivity contribution in [2.75, 3.05) is 0 Å². The molecule has 0 saturated carbocycles. The van der Waals surface area contributed by atoms with Crippen molar-refractivity contribution >= 4 is 101 Å². The van der Waals surface area contributed by atoms with Crippen LogP contribution in [0.5, 0.6) is 0 Å². The standard InChI is InChI=1S/C70H47NSi.C50H35NSi/c1-4-16-48(17-5-1)56-38-41-64-65-42-40-57(46-70(65)72(69(64)45-56,58-22-6-2-7-23-58)59-24-8-3-9-25-59)71-47-67(54-36-34-53(35-37-54)63-29-15-21-51-19-11-13-27-61(51)63)66-44-55(39-43-68(66)71)49-30-32-52(33-31-49)62-28-14-20-50-18-10-12-26-60(50)62;1-6-16-36(17-7-1)39-27-31-48-46(32-39)47(38-20-10-3-11-21-38)35-51(48)41-28-30-45-44-29-26-40(37-18-8-2-9-19-37)33-49(44)52(50(45)34-41,42-22-12-4-13-23-42)43-24-14-5-15-25-43/h1-47H;1-35H. The van der Waals surface area contributed by atoms with Crippen LogP contribution in [0.15, 0.2) is 498 Å². The fraction of sp³-hybridized carbons (Fsp3) is 0. The van der Waals surface area contributed by atoms with E-state index in [9.17, 15) is 0 Å². The molecule has 2 aliphatic rings. The fourth-order valence-electron chi connectivity index (χ4n) is 20.5. The monoisotopic (exact) mass is 1610 g/mol. The van der Waals surface area contributed by atoms with Crippen LogP contribution < -0.4 is 41.5 Å². The molecule has 2 aromatic heterocycles. The van der Waals surface area contributed by atoms with Crippen molar-refractivity contribution in [3.8, 4) is 123 Å². The van der Waals surface area contributed by atoms with Crippen molar-refractivity contribution in [2.45, 2.75) is 0 Å². The summed E-state index contributed by atoms with van der Waals surface area (Å²) in [6, 6.07) is 180. The second kappa shape index (κ2) is 30.9. The lowest BCUT2D eigenvalue weighted by molar-refractivity contribution is 1.13. The van der Waals surface area contributed by atoms with Gasteiger partial charge < -0.3 is 9.13 Å². The molecular weight excluding hydrogens is 1530 g/mol. The number of nitrogens with zero attached hydrogens (tertiary/aromatic N) is 2. The van der Waals surface area contributed by atoms with Crippen molar-refractivity contribution in [3.05, 3.63) is 498 Å². The first kappa shape index (κ1) is 73.6. The van der Waals surface area contributed by atoms with Gasteiger partial charge in [0.05, 0.1) is 11.0 Å². The molecule has 0 unspecified atom stereocenters. The summed E-state index contributed by atoms with van der Waals surface area (Å²) in [5.41, 5.74) is 29.6. The van der Waals surface area contributed by atoms with Gasteiger partial charge in [-0.05, 0) is 212 Å². The Bertz CT molecular complexity index is 7690. The minimum absolute atomic E-state index is 1.16. The summed E-state index contributed by atoms with van der Waals surface area (Å²) in [6.45, 7) is 0. The second-order valence-corrected chi connectivity index (χ2v) is 40.4. The Kier molecular flexibility index (Phi) is 18.3. The van der Waals surface area contributed by atoms with E-state index in [-0.39, 0.29) is 0 Å². The number of hydrogen-bond acceptors (Lipinski definition) is 0. The molecule has 0 spiro atoms. The molecule has 0 saturated heterocycles. The summed E-state index contributed by atoms with van der Waals surface area (Å²) in [4.78, 5) is 0. The van der Waals surface area contributed by atoms with E-state index in [2.05, 4.69) is 507 Å². The maximum absolute atomic E-state index is 2.85. The van der Waals surface area contributed by atoms with E-state index in [0.717, 1.165) is 5.69 Å². The lowest BCUT2D eigenvalue weighted by Gasteiger charge is -2.32. The summed E-state index contributed by atoms with van der Waals surface area (Å²) in [7, 11) is -5.59. The van der Waals surface area contributed by atoms with Gasteiger partial charge in [-0.2, -0.15) is 0 Å². The van der Waals surface area contributed by atoms with Gasteiger partial charge in [-0.1, -0.05) is 437 Å². The average Bonchev–Trinajstić information content (AvgIpc) is 1.53. The van der Waals surface area contributed by atoms with Crippen LogP contribution in [-0.4, -0.2) is 25.3 Å². The van der Waals surface area contributed by atoms with Gasteiger partial charge in [-0.15, -0.1) is 0 Å². The lowest BCUT2D eigenvalue weighted by atomic mass is 9.94. The third kappa shape index (κ3) is 12.4. The molecular formula is C120H82N2Si2. The van der Waals surface area contributed by atoms with Crippen LogP contribution in [-0.2, 0) is 0 Å². The first-order chi connectivity index (χ1) is 61.5. The van der Waals surface area contributed by atoms with E-state index in [0.29, 0.717) is 0 Å². The maximum atomic E-state index is 2.54. The van der Waals surface area contributed by atoms with Gasteiger partial charge in [0.2, 0.25) is 0 Å². The largest absolute Gasteiger partial charge is 0.316 e. The summed E-state index contributed by atoms with van der Waals surface area (Å²) >= 11 is 0. The van der Waals surface area contributed by atoms with E-state index in [1.54, 1.807) is 0 Å². The molecule has 20 aromatic carbocycles. The minimum Gasteiger partial charge on any atom is -0.316 e. The van der Waals surface area contributed by atoms with Gasteiger partial charge in [-0.3, -0.25) is 0 Å². The summed E-state index contributed by atoms with van der Waals surface area (Å²) in [6.07, 6.45) is 4.73. The molecule has 2 aliphatic heterocycles. The van der Waals surface area contributed by atoms with Crippen molar-refractivity contribution < 1.29 is 0 Å². The number of aromatic nitrogens is 2. The van der Waals surface area contributed by atoms with Crippen LogP contribution >= 0.6 is 0 Å². The highest BCUT2D eigenvalue weighted by Gasteiger charge is 2.51. The maximum Gasteiger partial charge on any atom is 0.180 e. The first-order valence-electron chi connectivity index (χ1n) is 43.0. The van der Waals surface area contributed by atoms with Crippen LogP contribution in [0.4, 0.5) is 0 Å². The number of benzene rings is 20. The molecule has 124 heavy (non-hydrogen) atoms. The Balaban J connectivity index is 0.000000151. The van der Waals surface area contributed by atoms with Crippen LogP contribution in [0.2, 0.25) is 0 Å². The van der Waals surface area contributed by atoms with Crippen molar-refractivity contribution in [1.82, 2.24) is 9.13 Å². The molecule has 0 fully saturated rings. The topological polar surface area (TPSA) is 9.86 Å². The second-order valence-electron chi connectivity index (χ2n) is 32.9. The molecule has 0 atom stereocenters. The molecule has 22 aromatic rings. The highest BCUT2D eigenvalue weighted by atomic mass is 28.3. The van der Waals surface area contributed by atoms with Gasteiger partial charge in [0.15, 0.2) is 16.1 Å². The zero-order valence-electron chi connectivity index (χ0n) is 68.2. The van der Waals surface area contributed by atoms with Crippen LogP contribution in [0.1, 0.15) is 0 Å². The van der Waals surface area contributed by atoms with Crippen LogP contribution in [0, 0.1) is 0 Å². The summed E-state index contributed by atoms with van der Waals surface area (Å²) < 4.78 is 4.87. The molecule has 0 N–H and O–H groups in total. The highest BCUT2D eigenvalue weighted by Crippen LogP contribution is 2.43. The third-order valence-corrected chi connectivity index (χ3v) is 35.9. The molecule has 0 radical (unpaired) electrons. The molecule has 0 bridgehead atoms. The van der Waals surface area contributed by atoms with Gasteiger partial charge in [-0.25, -0.2) is 0 Å². The molecule has 4 heterocycles. The zero-order chi connectivity index (χ0) is 82.1. The normalized spacial score (nSPS) is 12.6. The Hall–Kier alpha value is -15.6. The van der Waals surface area contributed by atoms with E-state index in [1.807, 2.05) is 0 Å². The number of hydrogen-bond donors (Lipinski definition) is 0. The summed E-state index contributed by atoms with van der Waals surface area (Å²) in [5.74, 6) is 0. The molecule has 0 aliphatic carbocycles. The Morgan fingerprint density at radius 3 is 0.758 bits per heavy atom. The van der Waals surface area contributed by atoms with Crippen molar-refractivity contribution in [1.29, 1.82) is 0 Å². The zero-order valence-corrected chi connectivity index (χ0v) is 70.2. The van der Waals surface area contributed by atoms with Gasteiger partial charge >= 0.3 is 0 Å². The Morgan fingerprint density at radius 1 is 0.145 bits per heavy atom. The third-order valence-electron chi connectivity index (χ3n) is 26.3. The molecule has 24 rings (SSSR count). The number of fused-ring (bicyclic) bond motifs is 10. The quantitative estimate of drug-likeness (QED) is 0.0961. The molecule has 2 nitrogen and oxygen atoms in total. The van der Waals surface area contributed by atoms with E-state index in [1.165, 1.54) is 202 Å². The Morgan fingerprint density at radius 2 is 0.395 bits per heavy atom. The van der Waals surface area contributed by atoms with Gasteiger partial charge in [0.25, 0.3) is 0 Å². The fourth-order valence-corrected chi connectivity index (χ4v) is 30.9. The molecule has 0 amide bonds. The van der Waals surface area contributed by atoms with Crippen molar-refractivity contribution in [3.63, 3.8) is 0 Å². The summed E-state index contributed by atoms with van der Waals surface area (Å²) in [5, 5.41) is 18.8. The molecule has 4 heteroatoms. The van der Waals surface area contributed by atoms with Gasteiger partial charge in [0, 0.05) is 45.7 Å². The predicted molar refractivity (Wildman–Crippen MR) is 530 cm³/mol.